The fourth-order valence-corrected chi connectivity index (χ4v) is 2.57. The first-order valence-corrected chi connectivity index (χ1v) is 10.8. The van der Waals surface area contributed by atoms with E-state index < -0.39 is 0 Å². The van der Waals surface area contributed by atoms with Gasteiger partial charge in [-0.05, 0) is 67.1 Å². The zero-order valence-corrected chi connectivity index (χ0v) is 20.4. The third-order valence-corrected chi connectivity index (χ3v) is 4.56. The van der Waals surface area contributed by atoms with Gasteiger partial charge in [0.2, 0.25) is 0 Å². The van der Waals surface area contributed by atoms with Gasteiger partial charge in [-0.15, -0.1) is 0 Å². The van der Waals surface area contributed by atoms with Crippen molar-refractivity contribution in [2.75, 3.05) is 23.0 Å². The van der Waals surface area contributed by atoms with Crippen LogP contribution in [0, 0.1) is 5.41 Å². The molecular formula is C28H31N5O3. The van der Waals surface area contributed by atoms with Crippen molar-refractivity contribution in [1.82, 2.24) is 0 Å². The Morgan fingerprint density at radius 1 is 1.00 bits per heavy atom. The van der Waals surface area contributed by atoms with Crippen molar-refractivity contribution in [2.24, 2.45) is 5.73 Å². The zero-order chi connectivity index (χ0) is 26.9. The van der Waals surface area contributed by atoms with Crippen molar-refractivity contribution in [3.8, 4) is 0 Å². The van der Waals surface area contributed by atoms with E-state index in [4.69, 9.17) is 15.9 Å². The Morgan fingerprint density at radius 3 is 2.17 bits per heavy atom. The number of hydrogen-bond acceptors (Lipinski definition) is 6. The van der Waals surface area contributed by atoms with Gasteiger partial charge in [-0.25, -0.2) is 0 Å². The average Bonchev–Trinajstić information content (AvgIpc) is 2.89. The molecule has 0 fully saturated rings. The van der Waals surface area contributed by atoms with Crippen molar-refractivity contribution in [3.05, 3.63) is 114 Å². The van der Waals surface area contributed by atoms with Gasteiger partial charge >= 0.3 is 0 Å². The summed E-state index contributed by atoms with van der Waals surface area (Å²) in [5, 5.41) is 15.6. The van der Waals surface area contributed by atoms with E-state index in [0.29, 0.717) is 28.9 Å². The SMILES string of the molecule is C=C(\C=C/C=C(C)/C(N)=C/C=N)C(=O)Nc1ccc(NC(=O)c2cccc(NC)c2)cc1.C=CC=O. The highest BCUT2D eigenvalue weighted by Crippen LogP contribution is 2.17. The third-order valence-electron chi connectivity index (χ3n) is 4.56. The topological polar surface area (TPSA) is 137 Å². The van der Waals surface area contributed by atoms with E-state index in [-0.39, 0.29) is 17.4 Å². The highest BCUT2D eigenvalue weighted by molar-refractivity contribution is 6.06. The standard InChI is InChI=1S/C25H27N5O2.C3H4O/c1-17(23(27)14-15-26)6-4-7-18(2)24(31)29-20-10-12-21(13-11-20)30-25(32)19-8-5-9-22(16-19)28-3;1-2-3-4/h4-16,26,28H,2,27H2,1,3H3,(H,29,31)(H,30,32);2-3H,1H2/b7-4-,17-6+,23-14-,26-15?;. The summed E-state index contributed by atoms with van der Waals surface area (Å²) < 4.78 is 0. The van der Waals surface area contributed by atoms with Crippen molar-refractivity contribution < 1.29 is 14.4 Å². The van der Waals surface area contributed by atoms with Crippen LogP contribution in [0.2, 0.25) is 0 Å². The Hall–Kier alpha value is -4.98. The van der Waals surface area contributed by atoms with Gasteiger partial charge in [-0.1, -0.05) is 37.5 Å². The van der Waals surface area contributed by atoms with Crippen LogP contribution in [0.5, 0.6) is 0 Å². The number of carbonyl (C=O) groups excluding carboxylic acids is 3. The van der Waals surface area contributed by atoms with Gasteiger partial charge in [0.05, 0.1) is 0 Å². The lowest BCUT2D eigenvalue weighted by molar-refractivity contribution is -0.112. The molecular weight excluding hydrogens is 454 g/mol. The lowest BCUT2D eigenvalue weighted by Gasteiger charge is -2.09. The van der Waals surface area contributed by atoms with Crippen LogP contribution in [0.3, 0.4) is 0 Å². The average molecular weight is 486 g/mol. The van der Waals surface area contributed by atoms with E-state index in [0.717, 1.165) is 17.5 Å². The molecule has 0 aromatic heterocycles. The van der Waals surface area contributed by atoms with Gasteiger partial charge in [0.15, 0.2) is 0 Å². The number of allylic oxidation sites excluding steroid dienone is 5. The summed E-state index contributed by atoms with van der Waals surface area (Å²) in [7, 11) is 1.79. The second kappa shape index (κ2) is 15.8. The molecule has 0 radical (unpaired) electrons. The minimum atomic E-state index is -0.351. The predicted octanol–water partition coefficient (Wildman–Crippen LogP) is 4.84. The van der Waals surface area contributed by atoms with Gasteiger partial charge in [0.25, 0.3) is 11.8 Å². The molecule has 36 heavy (non-hydrogen) atoms. The Bertz CT molecular complexity index is 1190. The largest absolute Gasteiger partial charge is 0.398 e. The maximum absolute atomic E-state index is 12.4. The maximum Gasteiger partial charge on any atom is 0.255 e. The summed E-state index contributed by atoms with van der Waals surface area (Å²) in [6.07, 6.45) is 9.40. The van der Waals surface area contributed by atoms with Crippen molar-refractivity contribution in [2.45, 2.75) is 6.92 Å². The van der Waals surface area contributed by atoms with E-state index in [1.165, 1.54) is 12.2 Å². The number of rotatable bonds is 10. The second-order valence-electron chi connectivity index (χ2n) is 7.21. The summed E-state index contributed by atoms with van der Waals surface area (Å²) in [5.41, 5.74) is 9.86. The predicted molar refractivity (Wildman–Crippen MR) is 148 cm³/mol. The highest BCUT2D eigenvalue weighted by Gasteiger charge is 2.08. The Kier molecular flexibility index (Phi) is 12.7. The smallest absolute Gasteiger partial charge is 0.255 e. The molecule has 0 aliphatic rings. The van der Waals surface area contributed by atoms with Gasteiger partial charge in [0.1, 0.15) is 6.29 Å². The molecule has 0 atom stereocenters. The van der Waals surface area contributed by atoms with Gasteiger partial charge in [0, 0.05) is 47.2 Å². The molecule has 0 heterocycles. The van der Waals surface area contributed by atoms with Crippen LogP contribution in [-0.4, -0.2) is 31.4 Å². The van der Waals surface area contributed by atoms with Crippen LogP contribution in [0.15, 0.2) is 109 Å². The maximum atomic E-state index is 12.4. The number of aldehydes is 1. The van der Waals surface area contributed by atoms with Gasteiger partial charge in [-0.2, -0.15) is 0 Å². The number of benzene rings is 2. The molecule has 8 heteroatoms. The molecule has 0 saturated heterocycles. The van der Waals surface area contributed by atoms with E-state index in [2.05, 4.69) is 29.1 Å². The van der Waals surface area contributed by atoms with E-state index in [9.17, 15) is 9.59 Å². The van der Waals surface area contributed by atoms with Crippen LogP contribution < -0.4 is 21.7 Å². The van der Waals surface area contributed by atoms with Gasteiger partial charge < -0.3 is 27.1 Å². The third kappa shape index (κ3) is 10.3. The van der Waals surface area contributed by atoms with Crippen molar-refractivity contribution in [1.29, 1.82) is 5.41 Å². The first-order valence-electron chi connectivity index (χ1n) is 10.8. The number of carbonyl (C=O) groups is 3. The molecule has 186 valence electrons. The van der Waals surface area contributed by atoms with E-state index >= 15 is 0 Å². The van der Waals surface area contributed by atoms with Crippen LogP contribution in [0.25, 0.3) is 0 Å². The Labute approximate surface area is 211 Å². The number of nitrogens with one attached hydrogen (secondary N) is 4. The zero-order valence-electron chi connectivity index (χ0n) is 20.4. The lowest BCUT2D eigenvalue weighted by atomic mass is 10.1. The van der Waals surface area contributed by atoms with Crippen molar-refractivity contribution in [3.63, 3.8) is 0 Å². The number of anilines is 3. The summed E-state index contributed by atoms with van der Waals surface area (Å²) in [6, 6.07) is 14.0. The fourth-order valence-electron chi connectivity index (χ4n) is 2.57. The molecule has 0 aliphatic heterocycles. The first kappa shape index (κ1) is 29.1. The monoisotopic (exact) mass is 485 g/mol. The summed E-state index contributed by atoms with van der Waals surface area (Å²) >= 11 is 0. The molecule has 0 bridgehead atoms. The summed E-state index contributed by atoms with van der Waals surface area (Å²) in [6.45, 7) is 8.68. The van der Waals surface area contributed by atoms with Gasteiger partial charge in [-0.3, -0.25) is 14.4 Å². The number of nitrogens with two attached hydrogens (primary N) is 1. The van der Waals surface area contributed by atoms with Crippen LogP contribution in [0.4, 0.5) is 17.1 Å². The minimum Gasteiger partial charge on any atom is -0.398 e. The molecule has 0 saturated carbocycles. The Balaban J connectivity index is 0.00000150. The number of amides is 2. The van der Waals surface area contributed by atoms with Crippen LogP contribution in [0.1, 0.15) is 17.3 Å². The second-order valence-corrected chi connectivity index (χ2v) is 7.21. The molecule has 0 spiro atoms. The van der Waals surface area contributed by atoms with Crippen molar-refractivity contribution >= 4 is 41.4 Å². The first-order chi connectivity index (χ1) is 17.2. The molecule has 6 N–H and O–H groups in total. The number of hydrogen-bond donors (Lipinski definition) is 5. The van der Waals surface area contributed by atoms with Crippen LogP contribution >= 0.6 is 0 Å². The molecule has 8 nitrogen and oxygen atoms in total. The molecule has 0 aliphatic carbocycles. The van der Waals surface area contributed by atoms with E-state index in [1.54, 1.807) is 74.7 Å². The normalized spacial score (nSPS) is 10.9. The molecule has 2 aromatic carbocycles. The summed E-state index contributed by atoms with van der Waals surface area (Å²) in [4.78, 5) is 33.8. The fraction of sp³-hybridized carbons (Fsp3) is 0.0714. The lowest BCUT2D eigenvalue weighted by Crippen LogP contribution is -2.13. The Morgan fingerprint density at radius 2 is 1.61 bits per heavy atom. The molecule has 0 unspecified atom stereocenters. The molecule has 2 amide bonds. The molecule has 2 rings (SSSR count). The minimum absolute atomic E-state index is 0.225. The molecule has 2 aromatic rings. The highest BCUT2D eigenvalue weighted by atomic mass is 16.2. The van der Waals surface area contributed by atoms with E-state index in [1.807, 2.05) is 6.07 Å². The summed E-state index contributed by atoms with van der Waals surface area (Å²) in [5.74, 6) is -0.576. The van der Waals surface area contributed by atoms with Crippen LogP contribution in [-0.2, 0) is 9.59 Å². The quantitative estimate of drug-likeness (QED) is 0.142.